The lowest BCUT2D eigenvalue weighted by Crippen LogP contribution is -2.28. The molecule has 1 saturated heterocycles. The van der Waals surface area contributed by atoms with Crippen molar-refractivity contribution in [2.45, 2.75) is 13.5 Å². The summed E-state index contributed by atoms with van der Waals surface area (Å²) in [6.07, 6.45) is 1.85. The minimum atomic E-state index is -0.106. The molecule has 0 N–H and O–H groups in total. The average Bonchev–Trinajstić information content (AvgIpc) is 3.14. The molecule has 0 aromatic heterocycles. The Morgan fingerprint density at radius 2 is 1.65 bits per heavy atom. The minimum absolute atomic E-state index is 0.106. The summed E-state index contributed by atoms with van der Waals surface area (Å²) in [6, 6.07) is 21.1. The lowest BCUT2D eigenvalue weighted by molar-refractivity contribution is -0.122. The number of amides is 1. The van der Waals surface area contributed by atoms with Crippen LogP contribution < -0.4 is 14.2 Å². The van der Waals surface area contributed by atoms with E-state index in [0.717, 1.165) is 33.9 Å². The van der Waals surface area contributed by atoms with E-state index in [2.05, 4.69) is 0 Å². The molecule has 1 heterocycles. The van der Waals surface area contributed by atoms with Crippen molar-refractivity contribution in [3.63, 3.8) is 0 Å². The standard InChI is InChI=1S/C27H26N2O4S/c1-18-23(32-3)15-12-20(25(18)33-4)16-24-26(30)29(17-19-10-13-22(31-2)14-11-19)27(34-24)28-21-8-6-5-7-9-21/h5-16H,17H2,1-4H3/b24-16-,28-27?. The topological polar surface area (TPSA) is 60.4 Å². The molecule has 7 heteroatoms. The summed E-state index contributed by atoms with van der Waals surface area (Å²) in [6.45, 7) is 2.33. The molecule has 0 bridgehead atoms. The Kier molecular flexibility index (Phi) is 7.23. The molecule has 4 rings (SSSR count). The van der Waals surface area contributed by atoms with Gasteiger partial charge in [-0.3, -0.25) is 9.69 Å². The van der Waals surface area contributed by atoms with E-state index >= 15 is 0 Å². The first-order chi connectivity index (χ1) is 16.5. The number of nitrogens with zero attached hydrogens (tertiary/aromatic N) is 2. The number of hydrogen-bond acceptors (Lipinski definition) is 6. The maximum atomic E-state index is 13.5. The zero-order valence-electron chi connectivity index (χ0n) is 19.6. The first kappa shape index (κ1) is 23.4. The second kappa shape index (κ2) is 10.5. The number of carbonyl (C=O) groups excluding carboxylic acids is 1. The van der Waals surface area contributed by atoms with Crippen molar-refractivity contribution in [3.05, 3.63) is 88.3 Å². The van der Waals surface area contributed by atoms with Gasteiger partial charge in [0.15, 0.2) is 5.17 Å². The highest BCUT2D eigenvalue weighted by Crippen LogP contribution is 2.38. The number of ether oxygens (including phenoxy) is 3. The maximum absolute atomic E-state index is 13.5. The van der Waals surface area contributed by atoms with Crippen LogP contribution in [0.5, 0.6) is 17.2 Å². The third kappa shape index (κ3) is 4.94. The van der Waals surface area contributed by atoms with Gasteiger partial charge in [0.25, 0.3) is 5.91 Å². The molecule has 1 aliphatic heterocycles. The predicted molar refractivity (Wildman–Crippen MR) is 137 cm³/mol. The van der Waals surface area contributed by atoms with Gasteiger partial charge in [0.1, 0.15) is 17.2 Å². The first-order valence-corrected chi connectivity index (χ1v) is 11.6. The number of methoxy groups -OCH3 is 3. The normalized spacial score (nSPS) is 15.8. The van der Waals surface area contributed by atoms with Crippen molar-refractivity contribution < 1.29 is 19.0 Å². The lowest BCUT2D eigenvalue weighted by atomic mass is 10.1. The fraction of sp³-hybridized carbons (Fsp3) is 0.185. The first-order valence-electron chi connectivity index (χ1n) is 10.7. The Balaban J connectivity index is 1.72. The van der Waals surface area contributed by atoms with Crippen LogP contribution in [0.3, 0.4) is 0 Å². The third-order valence-electron chi connectivity index (χ3n) is 5.47. The second-order valence-electron chi connectivity index (χ2n) is 7.60. The fourth-order valence-electron chi connectivity index (χ4n) is 3.70. The molecule has 1 fully saturated rings. The molecular formula is C27H26N2O4S. The third-order valence-corrected chi connectivity index (χ3v) is 6.47. The van der Waals surface area contributed by atoms with Gasteiger partial charge in [-0.25, -0.2) is 4.99 Å². The van der Waals surface area contributed by atoms with Crippen LogP contribution in [-0.4, -0.2) is 37.3 Å². The number of rotatable bonds is 7. The van der Waals surface area contributed by atoms with Crippen LogP contribution in [0, 0.1) is 6.92 Å². The Hall–Kier alpha value is -3.71. The second-order valence-corrected chi connectivity index (χ2v) is 8.60. The molecule has 3 aromatic carbocycles. The molecule has 1 amide bonds. The smallest absolute Gasteiger partial charge is 0.267 e. The Morgan fingerprint density at radius 1 is 0.912 bits per heavy atom. The Labute approximate surface area is 203 Å². The van der Waals surface area contributed by atoms with Crippen molar-refractivity contribution in [2.75, 3.05) is 21.3 Å². The molecule has 6 nitrogen and oxygen atoms in total. The highest BCUT2D eigenvalue weighted by molar-refractivity contribution is 8.18. The maximum Gasteiger partial charge on any atom is 0.267 e. The van der Waals surface area contributed by atoms with Crippen molar-refractivity contribution in [1.29, 1.82) is 0 Å². The summed E-state index contributed by atoms with van der Waals surface area (Å²) < 4.78 is 16.3. The average molecular weight is 475 g/mol. The summed E-state index contributed by atoms with van der Waals surface area (Å²) in [4.78, 5) is 20.6. The van der Waals surface area contributed by atoms with E-state index in [1.54, 1.807) is 26.2 Å². The molecule has 0 atom stereocenters. The van der Waals surface area contributed by atoms with Crippen LogP contribution in [0.2, 0.25) is 0 Å². The number of aliphatic imine (C=N–C) groups is 1. The van der Waals surface area contributed by atoms with Crippen LogP contribution in [0.1, 0.15) is 16.7 Å². The summed E-state index contributed by atoms with van der Waals surface area (Å²) in [7, 11) is 4.87. The van der Waals surface area contributed by atoms with Gasteiger partial charge in [0.05, 0.1) is 38.5 Å². The molecule has 0 aliphatic carbocycles. The number of carbonyl (C=O) groups is 1. The molecule has 0 saturated carbocycles. The summed E-state index contributed by atoms with van der Waals surface area (Å²) in [5.41, 5.74) is 3.45. The van der Waals surface area contributed by atoms with Crippen LogP contribution in [0.4, 0.5) is 5.69 Å². The molecular weight excluding hydrogens is 448 g/mol. The molecule has 0 unspecified atom stereocenters. The number of amidine groups is 1. The van der Waals surface area contributed by atoms with Crippen molar-refractivity contribution >= 4 is 34.6 Å². The molecule has 1 aliphatic rings. The van der Waals surface area contributed by atoms with Gasteiger partial charge in [0.2, 0.25) is 0 Å². The van der Waals surface area contributed by atoms with Gasteiger partial charge in [0, 0.05) is 11.1 Å². The SMILES string of the molecule is COc1ccc(CN2C(=O)/C(=C/c3ccc(OC)c(C)c3OC)SC2=Nc2ccccc2)cc1. The fourth-order valence-corrected chi connectivity index (χ4v) is 4.69. The highest BCUT2D eigenvalue weighted by Gasteiger charge is 2.34. The molecule has 0 radical (unpaired) electrons. The molecule has 0 spiro atoms. The monoisotopic (exact) mass is 474 g/mol. The number of benzene rings is 3. The number of hydrogen-bond donors (Lipinski definition) is 0. The van der Waals surface area contributed by atoms with Gasteiger partial charge in [-0.1, -0.05) is 30.3 Å². The number of para-hydroxylation sites is 1. The minimum Gasteiger partial charge on any atom is -0.497 e. The summed E-state index contributed by atoms with van der Waals surface area (Å²) in [5.74, 6) is 2.07. The Morgan fingerprint density at radius 3 is 2.29 bits per heavy atom. The van der Waals surface area contributed by atoms with E-state index in [1.807, 2.05) is 79.7 Å². The van der Waals surface area contributed by atoms with Gasteiger partial charge < -0.3 is 14.2 Å². The van der Waals surface area contributed by atoms with E-state index in [1.165, 1.54) is 11.8 Å². The largest absolute Gasteiger partial charge is 0.497 e. The van der Waals surface area contributed by atoms with E-state index in [9.17, 15) is 4.79 Å². The zero-order valence-corrected chi connectivity index (χ0v) is 20.4. The molecule has 174 valence electrons. The molecule has 3 aromatic rings. The van der Waals surface area contributed by atoms with Gasteiger partial charge in [-0.2, -0.15) is 0 Å². The van der Waals surface area contributed by atoms with Crippen molar-refractivity contribution in [2.24, 2.45) is 4.99 Å². The zero-order chi connectivity index (χ0) is 24.1. The highest BCUT2D eigenvalue weighted by atomic mass is 32.2. The van der Waals surface area contributed by atoms with E-state index in [0.29, 0.717) is 22.4 Å². The van der Waals surface area contributed by atoms with Crippen LogP contribution in [0.25, 0.3) is 6.08 Å². The van der Waals surface area contributed by atoms with Gasteiger partial charge in [-0.05, 0) is 66.7 Å². The van der Waals surface area contributed by atoms with E-state index in [4.69, 9.17) is 19.2 Å². The van der Waals surface area contributed by atoms with E-state index < -0.39 is 0 Å². The van der Waals surface area contributed by atoms with Crippen LogP contribution in [0.15, 0.2) is 76.6 Å². The van der Waals surface area contributed by atoms with Crippen molar-refractivity contribution in [3.8, 4) is 17.2 Å². The van der Waals surface area contributed by atoms with Gasteiger partial charge >= 0.3 is 0 Å². The lowest BCUT2D eigenvalue weighted by Gasteiger charge is -2.16. The van der Waals surface area contributed by atoms with Crippen LogP contribution in [-0.2, 0) is 11.3 Å². The molecule has 34 heavy (non-hydrogen) atoms. The quantitative estimate of drug-likeness (QED) is 0.404. The summed E-state index contributed by atoms with van der Waals surface area (Å²) >= 11 is 1.35. The Bertz CT molecular complexity index is 1240. The predicted octanol–water partition coefficient (Wildman–Crippen LogP) is 5.83. The van der Waals surface area contributed by atoms with E-state index in [-0.39, 0.29) is 5.91 Å². The summed E-state index contributed by atoms with van der Waals surface area (Å²) in [5, 5.41) is 0.627. The van der Waals surface area contributed by atoms with Crippen LogP contribution >= 0.6 is 11.8 Å². The number of thioether (sulfide) groups is 1. The van der Waals surface area contributed by atoms with Crippen molar-refractivity contribution in [1.82, 2.24) is 4.90 Å². The van der Waals surface area contributed by atoms with Gasteiger partial charge in [-0.15, -0.1) is 0 Å².